The van der Waals surface area contributed by atoms with Crippen molar-refractivity contribution in [3.05, 3.63) is 19.9 Å². The lowest BCUT2D eigenvalue weighted by molar-refractivity contribution is 0.746. The van der Waals surface area contributed by atoms with Gasteiger partial charge < -0.3 is 5.73 Å². The normalized spacial score (nSPS) is 13.5. The molecule has 0 spiro atoms. The highest BCUT2D eigenvalue weighted by Crippen LogP contribution is 2.18. The average molecular weight is 265 g/mol. The zero-order valence-corrected chi connectivity index (χ0v) is 8.78. The van der Waals surface area contributed by atoms with Gasteiger partial charge in [0.2, 0.25) is 0 Å². The summed E-state index contributed by atoms with van der Waals surface area (Å²) in [5.41, 5.74) is 5.64. The van der Waals surface area contributed by atoms with Crippen molar-refractivity contribution in [2.45, 2.75) is 19.4 Å². The lowest BCUT2D eigenvalue weighted by Gasteiger charge is -1.99. The third-order valence-corrected chi connectivity index (χ3v) is 3.07. The van der Waals surface area contributed by atoms with E-state index in [9.17, 15) is 0 Å². The molecule has 0 aromatic carbocycles. The van der Waals surface area contributed by atoms with E-state index in [1.54, 1.807) is 0 Å². The van der Waals surface area contributed by atoms with E-state index in [0.717, 1.165) is 6.42 Å². The first-order valence-corrected chi connectivity index (χ1v) is 5.08. The van der Waals surface area contributed by atoms with Gasteiger partial charge in [-0.05, 0) is 48.1 Å². The minimum absolute atomic E-state index is 0.287. The Labute approximate surface area is 78.8 Å². The fourth-order valence-electron chi connectivity index (χ4n) is 0.779. The van der Waals surface area contributed by atoms with Crippen LogP contribution in [0.4, 0.5) is 0 Å². The van der Waals surface area contributed by atoms with Crippen LogP contribution in [-0.4, -0.2) is 6.04 Å². The molecule has 0 saturated heterocycles. The molecular weight excluding hydrogens is 255 g/mol. The molecule has 0 bridgehead atoms. The van der Waals surface area contributed by atoms with Gasteiger partial charge in [0.1, 0.15) is 0 Å². The minimum atomic E-state index is 0.287. The van der Waals surface area contributed by atoms with E-state index >= 15 is 0 Å². The predicted molar refractivity (Wildman–Crippen MR) is 54.4 cm³/mol. The molecule has 1 rings (SSSR count). The first kappa shape index (κ1) is 8.49. The highest BCUT2D eigenvalue weighted by atomic mass is 125. The Kier molecular flexibility index (Phi) is 3.13. The second kappa shape index (κ2) is 3.69. The molecule has 2 N–H and O–H groups in total. The van der Waals surface area contributed by atoms with E-state index in [4.69, 9.17) is 5.73 Å². The summed E-state index contributed by atoms with van der Waals surface area (Å²) in [7, 11) is 0. The smallest absolute Gasteiger partial charge is 0.0656 e. The van der Waals surface area contributed by atoms with Gasteiger partial charge in [-0.3, -0.25) is 0 Å². The first-order chi connectivity index (χ1) is 4.68. The van der Waals surface area contributed by atoms with Gasteiger partial charge >= 0.3 is 0 Å². The van der Waals surface area contributed by atoms with Crippen LogP contribution in [0.2, 0.25) is 0 Å². The van der Waals surface area contributed by atoms with Crippen LogP contribution in [-0.2, 0) is 6.42 Å². The van der Waals surface area contributed by atoms with Gasteiger partial charge in [-0.1, -0.05) is 0 Å². The van der Waals surface area contributed by atoms with E-state index < -0.39 is 0 Å². The standard InChI is InChI=1S/C7H10INS/c1-5(9)4-6-2-3-7(8)10-6/h2-3,5H,4,9H2,1H3/t5-/m1/s1/i8-2. The van der Waals surface area contributed by atoms with Crippen LogP contribution < -0.4 is 5.73 Å². The summed E-state index contributed by atoms with van der Waals surface area (Å²) in [4.78, 5) is 1.39. The van der Waals surface area contributed by atoms with Gasteiger partial charge in [-0.15, -0.1) is 11.3 Å². The maximum absolute atomic E-state index is 5.64. The van der Waals surface area contributed by atoms with Crippen molar-refractivity contribution in [2.24, 2.45) is 5.73 Å². The molecule has 3 heteroatoms. The molecule has 0 amide bonds. The Hall–Kier alpha value is 0.390. The van der Waals surface area contributed by atoms with Crippen molar-refractivity contribution < 1.29 is 0 Å². The molecule has 0 fully saturated rings. The molecule has 1 aromatic rings. The van der Waals surface area contributed by atoms with Crippen LogP contribution in [0, 0.1) is 2.88 Å². The van der Waals surface area contributed by atoms with E-state index in [2.05, 4.69) is 34.7 Å². The topological polar surface area (TPSA) is 26.0 Å². The maximum atomic E-state index is 5.64. The van der Waals surface area contributed by atoms with E-state index in [1.165, 1.54) is 7.76 Å². The predicted octanol–water partition coefficient (Wildman–Crippen LogP) is 2.24. The van der Waals surface area contributed by atoms with Crippen LogP contribution in [0.3, 0.4) is 0 Å². The fourth-order valence-corrected chi connectivity index (χ4v) is 2.68. The Morgan fingerprint density at radius 3 is 2.80 bits per heavy atom. The van der Waals surface area contributed by atoms with Gasteiger partial charge in [-0.2, -0.15) is 0 Å². The highest BCUT2D eigenvalue weighted by molar-refractivity contribution is 14.1. The van der Waals surface area contributed by atoms with Crippen LogP contribution >= 0.6 is 33.9 Å². The van der Waals surface area contributed by atoms with Crippen molar-refractivity contribution in [1.82, 2.24) is 0 Å². The second-order valence-corrected chi connectivity index (χ2v) is 5.45. The first-order valence-electron chi connectivity index (χ1n) is 3.18. The number of hydrogen-bond donors (Lipinski definition) is 1. The summed E-state index contributed by atoms with van der Waals surface area (Å²) in [6, 6.07) is 4.56. The van der Waals surface area contributed by atoms with E-state index in [-0.39, 0.29) is 6.04 Å². The quantitative estimate of drug-likeness (QED) is 0.815. The third-order valence-electron chi connectivity index (χ3n) is 1.15. The molecule has 1 aromatic heterocycles. The Balaban J connectivity index is 2.58. The molecule has 0 aliphatic rings. The van der Waals surface area contributed by atoms with E-state index in [0.29, 0.717) is 0 Å². The highest BCUT2D eigenvalue weighted by Gasteiger charge is 1.99. The molecule has 56 valence electrons. The Morgan fingerprint density at radius 1 is 1.70 bits per heavy atom. The van der Waals surface area contributed by atoms with Crippen molar-refractivity contribution in [1.29, 1.82) is 0 Å². The Morgan fingerprint density at radius 2 is 2.40 bits per heavy atom. The molecule has 1 atom stereocenters. The van der Waals surface area contributed by atoms with Gasteiger partial charge in [0.05, 0.1) is 2.88 Å². The molecular formula is C7H10INS. The van der Waals surface area contributed by atoms with Crippen molar-refractivity contribution in [3.63, 3.8) is 0 Å². The third kappa shape index (κ3) is 2.56. The Bertz CT molecular complexity index is 207. The molecule has 1 heterocycles. The van der Waals surface area contributed by atoms with E-state index in [1.807, 2.05) is 18.3 Å². The zero-order valence-electron chi connectivity index (χ0n) is 5.80. The number of thiophene rings is 1. The maximum Gasteiger partial charge on any atom is 0.0656 e. The summed E-state index contributed by atoms with van der Waals surface area (Å²) < 4.78 is 1.34. The summed E-state index contributed by atoms with van der Waals surface area (Å²) in [6.07, 6.45) is 1.01. The summed E-state index contributed by atoms with van der Waals surface area (Å²) in [5, 5.41) is 0. The number of hydrogen-bond acceptors (Lipinski definition) is 2. The number of nitrogens with two attached hydrogens (primary N) is 1. The van der Waals surface area contributed by atoms with Gasteiger partial charge in [0.15, 0.2) is 0 Å². The second-order valence-electron chi connectivity index (χ2n) is 2.39. The fraction of sp³-hybridized carbons (Fsp3) is 0.429. The van der Waals surface area contributed by atoms with Gasteiger partial charge in [0, 0.05) is 10.9 Å². The largest absolute Gasteiger partial charge is 0.328 e. The molecule has 0 aliphatic heterocycles. The number of rotatable bonds is 2. The monoisotopic (exact) mass is 265 g/mol. The molecule has 0 saturated carbocycles. The lowest BCUT2D eigenvalue weighted by Crippen LogP contribution is -2.16. The van der Waals surface area contributed by atoms with Crippen LogP contribution in [0.15, 0.2) is 12.1 Å². The summed E-state index contributed by atoms with van der Waals surface area (Å²) in [5.74, 6) is 0. The summed E-state index contributed by atoms with van der Waals surface area (Å²) >= 11 is 4.15. The lowest BCUT2D eigenvalue weighted by atomic mass is 10.2. The molecule has 10 heavy (non-hydrogen) atoms. The molecule has 1 nitrogen and oxygen atoms in total. The summed E-state index contributed by atoms with van der Waals surface area (Å²) in [6.45, 7) is 2.03. The van der Waals surface area contributed by atoms with Crippen molar-refractivity contribution in [2.75, 3.05) is 0 Å². The van der Waals surface area contributed by atoms with Crippen LogP contribution in [0.5, 0.6) is 0 Å². The van der Waals surface area contributed by atoms with Crippen molar-refractivity contribution in [3.8, 4) is 0 Å². The average Bonchev–Trinajstić information content (AvgIpc) is 2.13. The SMILES string of the molecule is C[C@@H](N)Cc1ccc([125I])s1. The minimum Gasteiger partial charge on any atom is -0.328 e. The number of halogens is 1. The molecule has 0 unspecified atom stereocenters. The van der Waals surface area contributed by atoms with Crippen LogP contribution in [0.1, 0.15) is 11.8 Å². The molecule has 0 radical (unpaired) electrons. The van der Waals surface area contributed by atoms with Gasteiger partial charge in [-0.25, -0.2) is 0 Å². The molecule has 0 aliphatic carbocycles. The van der Waals surface area contributed by atoms with Gasteiger partial charge in [0.25, 0.3) is 0 Å². The van der Waals surface area contributed by atoms with Crippen molar-refractivity contribution >= 4 is 33.9 Å². The zero-order chi connectivity index (χ0) is 7.56. The van der Waals surface area contributed by atoms with Crippen LogP contribution in [0.25, 0.3) is 0 Å².